The molecule has 10 heteroatoms. The maximum absolute atomic E-state index is 13.7. The number of esters is 1. The molecule has 0 saturated carbocycles. The topological polar surface area (TPSA) is 112 Å². The van der Waals surface area contributed by atoms with E-state index in [2.05, 4.69) is 21.2 Å². The molecule has 0 unspecified atom stereocenters. The van der Waals surface area contributed by atoms with Crippen LogP contribution in [0.1, 0.15) is 16.1 Å². The van der Waals surface area contributed by atoms with E-state index in [-0.39, 0.29) is 11.4 Å². The Hall–Kier alpha value is -3.27. The monoisotopic (exact) mass is 450 g/mol. The molecule has 0 bridgehead atoms. The van der Waals surface area contributed by atoms with Crippen molar-refractivity contribution in [1.29, 1.82) is 0 Å². The highest BCUT2D eigenvalue weighted by Crippen LogP contribution is 2.28. The van der Waals surface area contributed by atoms with Gasteiger partial charge in [-0.1, -0.05) is 15.9 Å². The Morgan fingerprint density at radius 2 is 2.04 bits per heavy atom. The van der Waals surface area contributed by atoms with Gasteiger partial charge in [-0.15, -0.1) is 0 Å². The van der Waals surface area contributed by atoms with Crippen LogP contribution in [0.5, 0.6) is 0 Å². The highest BCUT2D eigenvalue weighted by atomic mass is 79.9. The molecule has 0 aliphatic rings. The Morgan fingerprint density at radius 3 is 2.75 bits per heavy atom. The fourth-order valence-corrected chi connectivity index (χ4v) is 2.85. The molecule has 0 radical (unpaired) electrons. The summed E-state index contributed by atoms with van der Waals surface area (Å²) in [6.45, 7) is 0.953. The van der Waals surface area contributed by atoms with Gasteiger partial charge in [0, 0.05) is 27.6 Å². The molecule has 0 aliphatic carbocycles. The summed E-state index contributed by atoms with van der Waals surface area (Å²) in [4.78, 5) is 34.2. The second-order valence-corrected chi connectivity index (χ2v) is 6.66. The van der Waals surface area contributed by atoms with E-state index in [9.17, 15) is 24.1 Å². The average molecular weight is 451 g/mol. The van der Waals surface area contributed by atoms with Crippen LogP contribution in [-0.4, -0.2) is 23.4 Å². The number of nitrogens with one attached hydrogen (secondary N) is 1. The van der Waals surface area contributed by atoms with Crippen LogP contribution >= 0.6 is 15.9 Å². The minimum Gasteiger partial charge on any atom is -0.450 e. The smallest absolute Gasteiger partial charge is 0.375 e. The number of nitro groups is 1. The number of carbonyl (C=O) groups is 2. The Balaban J connectivity index is 1.68. The summed E-state index contributed by atoms with van der Waals surface area (Å²) in [7, 11) is 0. The van der Waals surface area contributed by atoms with Gasteiger partial charge in [0.1, 0.15) is 11.4 Å². The van der Waals surface area contributed by atoms with Gasteiger partial charge in [-0.05, 0) is 31.2 Å². The van der Waals surface area contributed by atoms with E-state index in [1.165, 1.54) is 0 Å². The third kappa shape index (κ3) is 4.01. The molecular weight excluding hydrogens is 439 g/mol. The number of amides is 1. The first kappa shape index (κ1) is 19.5. The molecule has 0 atom stereocenters. The lowest BCUT2D eigenvalue weighted by Gasteiger charge is -2.07. The van der Waals surface area contributed by atoms with Crippen LogP contribution in [-0.2, 0) is 9.53 Å². The predicted molar refractivity (Wildman–Crippen MR) is 101 cm³/mol. The normalized spacial score (nSPS) is 10.7. The average Bonchev–Trinajstić information content (AvgIpc) is 2.97. The molecule has 2 aromatic carbocycles. The van der Waals surface area contributed by atoms with Crippen LogP contribution in [0.3, 0.4) is 0 Å². The number of anilines is 1. The number of carbonyl (C=O) groups excluding carboxylic acids is 2. The molecule has 144 valence electrons. The van der Waals surface area contributed by atoms with Crippen LogP contribution in [0, 0.1) is 22.9 Å². The summed E-state index contributed by atoms with van der Waals surface area (Å²) in [5.41, 5.74) is 0.250. The first-order chi connectivity index (χ1) is 13.3. The van der Waals surface area contributed by atoms with Crippen molar-refractivity contribution in [3.63, 3.8) is 0 Å². The second-order valence-electron chi connectivity index (χ2n) is 5.74. The number of rotatable bonds is 5. The molecule has 0 saturated heterocycles. The van der Waals surface area contributed by atoms with E-state index in [4.69, 9.17) is 9.15 Å². The highest BCUT2D eigenvalue weighted by Gasteiger charge is 2.21. The number of hydrogen-bond donors (Lipinski definition) is 1. The summed E-state index contributed by atoms with van der Waals surface area (Å²) in [6.07, 6.45) is 0. The highest BCUT2D eigenvalue weighted by molar-refractivity contribution is 9.10. The number of nitro benzene ring substituents is 1. The Morgan fingerprint density at radius 1 is 1.29 bits per heavy atom. The van der Waals surface area contributed by atoms with E-state index in [1.54, 1.807) is 25.1 Å². The van der Waals surface area contributed by atoms with Gasteiger partial charge in [0.05, 0.1) is 10.6 Å². The molecule has 1 N–H and O–H groups in total. The summed E-state index contributed by atoms with van der Waals surface area (Å²) in [6, 6.07) is 7.91. The van der Waals surface area contributed by atoms with E-state index in [0.29, 0.717) is 16.5 Å². The lowest BCUT2D eigenvalue weighted by molar-refractivity contribution is -0.384. The van der Waals surface area contributed by atoms with Gasteiger partial charge in [-0.25, -0.2) is 9.18 Å². The van der Waals surface area contributed by atoms with Gasteiger partial charge >= 0.3 is 5.97 Å². The number of furan rings is 1. The van der Waals surface area contributed by atoms with Crippen molar-refractivity contribution in [1.82, 2.24) is 0 Å². The lowest BCUT2D eigenvalue weighted by atomic mass is 10.1. The van der Waals surface area contributed by atoms with Crippen molar-refractivity contribution < 1.29 is 28.1 Å². The van der Waals surface area contributed by atoms with Crippen molar-refractivity contribution in [3.05, 3.63) is 68.1 Å². The zero-order chi connectivity index (χ0) is 20.4. The molecule has 0 fully saturated rings. The summed E-state index contributed by atoms with van der Waals surface area (Å²) in [5.74, 6) is -2.63. The Kier molecular flexibility index (Phi) is 5.41. The number of hydrogen-bond acceptors (Lipinski definition) is 6. The van der Waals surface area contributed by atoms with Gasteiger partial charge in [0.25, 0.3) is 11.6 Å². The van der Waals surface area contributed by atoms with E-state index in [0.717, 1.165) is 22.7 Å². The number of nitrogens with zero attached hydrogens (tertiary/aromatic N) is 1. The van der Waals surface area contributed by atoms with Crippen molar-refractivity contribution in [3.8, 4) is 0 Å². The van der Waals surface area contributed by atoms with Crippen LogP contribution in [0.2, 0.25) is 0 Å². The maximum atomic E-state index is 13.7. The van der Waals surface area contributed by atoms with Crippen LogP contribution < -0.4 is 5.32 Å². The molecule has 1 amide bonds. The maximum Gasteiger partial charge on any atom is 0.375 e. The summed E-state index contributed by atoms with van der Waals surface area (Å²) in [5, 5.41) is 13.6. The van der Waals surface area contributed by atoms with E-state index in [1.807, 2.05) is 0 Å². The molecule has 0 aliphatic heterocycles. The Labute approximate surface area is 165 Å². The molecular formula is C18H12BrFN2O6. The first-order valence-electron chi connectivity index (χ1n) is 7.86. The quantitative estimate of drug-likeness (QED) is 0.351. The van der Waals surface area contributed by atoms with Crippen LogP contribution in [0.15, 0.2) is 45.3 Å². The van der Waals surface area contributed by atoms with Crippen LogP contribution in [0.25, 0.3) is 11.0 Å². The van der Waals surface area contributed by atoms with E-state index >= 15 is 0 Å². The van der Waals surface area contributed by atoms with Crippen LogP contribution in [0.4, 0.5) is 15.8 Å². The number of ether oxygens (including phenoxy) is 1. The lowest BCUT2D eigenvalue weighted by Crippen LogP contribution is -2.21. The third-order valence-electron chi connectivity index (χ3n) is 3.85. The van der Waals surface area contributed by atoms with Crippen molar-refractivity contribution >= 4 is 50.2 Å². The number of fused-ring (bicyclic) bond motifs is 1. The molecule has 8 nitrogen and oxygen atoms in total. The first-order valence-corrected chi connectivity index (χ1v) is 8.65. The third-order valence-corrected chi connectivity index (χ3v) is 4.35. The summed E-state index contributed by atoms with van der Waals surface area (Å²) < 4.78 is 24.9. The van der Waals surface area contributed by atoms with E-state index < -0.39 is 34.9 Å². The van der Waals surface area contributed by atoms with Crippen molar-refractivity contribution in [2.75, 3.05) is 11.9 Å². The van der Waals surface area contributed by atoms with Gasteiger partial charge in [-0.3, -0.25) is 14.9 Å². The molecule has 3 aromatic rings. The van der Waals surface area contributed by atoms with Gasteiger partial charge < -0.3 is 14.5 Å². The second kappa shape index (κ2) is 7.77. The Bertz CT molecular complexity index is 1110. The van der Waals surface area contributed by atoms with Gasteiger partial charge in [0.2, 0.25) is 5.76 Å². The van der Waals surface area contributed by atoms with Gasteiger partial charge in [0.15, 0.2) is 6.61 Å². The number of halogens is 2. The SMILES string of the molecule is Cc1c(C(=O)OCC(=O)Nc2cc([N+](=O)[O-])ccc2F)oc2ccc(Br)cc12. The zero-order valence-electron chi connectivity index (χ0n) is 14.3. The number of aryl methyl sites for hydroxylation is 1. The minimum atomic E-state index is -0.862. The molecule has 3 rings (SSSR count). The molecule has 1 heterocycles. The van der Waals surface area contributed by atoms with Crippen molar-refractivity contribution in [2.45, 2.75) is 6.92 Å². The minimum absolute atomic E-state index is 0.0533. The summed E-state index contributed by atoms with van der Waals surface area (Å²) >= 11 is 3.33. The number of benzene rings is 2. The standard InChI is InChI=1S/C18H12BrFN2O6/c1-9-12-6-10(19)2-5-15(12)28-17(9)18(24)27-8-16(23)21-14-7-11(22(25)26)3-4-13(14)20/h2-7H,8H2,1H3,(H,21,23). The molecule has 28 heavy (non-hydrogen) atoms. The molecule has 1 aromatic heterocycles. The fraction of sp³-hybridized carbons (Fsp3) is 0.111. The predicted octanol–water partition coefficient (Wildman–Crippen LogP) is 4.35. The zero-order valence-corrected chi connectivity index (χ0v) is 15.9. The number of non-ortho nitro benzene ring substituents is 1. The fourth-order valence-electron chi connectivity index (χ4n) is 2.49. The largest absolute Gasteiger partial charge is 0.450 e. The van der Waals surface area contributed by atoms with Crippen molar-refractivity contribution in [2.24, 2.45) is 0 Å². The van der Waals surface area contributed by atoms with Gasteiger partial charge in [-0.2, -0.15) is 0 Å². The molecule has 0 spiro atoms.